The quantitative estimate of drug-likeness (QED) is 0.640. The number of carbonyl (C=O) groups excluding carboxylic acids is 2. The van der Waals surface area contributed by atoms with Crippen LogP contribution in [0, 0.1) is 0 Å². The van der Waals surface area contributed by atoms with Crippen molar-refractivity contribution in [1.29, 1.82) is 0 Å². The fourth-order valence-electron chi connectivity index (χ4n) is 1.41. The molecule has 0 aliphatic rings. The van der Waals surface area contributed by atoms with E-state index in [4.69, 9.17) is 5.73 Å². The molecular weight excluding hydrogens is 346 g/mol. The molecule has 0 radical (unpaired) electrons. The summed E-state index contributed by atoms with van der Waals surface area (Å²) < 4.78 is 0.920. The predicted octanol–water partition coefficient (Wildman–Crippen LogP) is 1.46. The molecule has 0 atom stereocenters. The summed E-state index contributed by atoms with van der Waals surface area (Å²) in [6, 6.07) is 7.05. The third-order valence-corrected chi connectivity index (χ3v) is 2.98. The van der Waals surface area contributed by atoms with Crippen LogP contribution >= 0.6 is 28.3 Å². The van der Waals surface area contributed by atoms with Crippen LogP contribution in [0.4, 0.5) is 0 Å². The molecule has 0 aliphatic heterocycles. The zero-order valence-electron chi connectivity index (χ0n) is 11.0. The Labute approximate surface area is 133 Å². The number of nitrogens with two attached hydrogens (primary N) is 1. The molecule has 1 aromatic carbocycles. The Bertz CT molecular complexity index is 426. The molecular formula is C13H19BrClN3O2. The van der Waals surface area contributed by atoms with Crippen molar-refractivity contribution in [3.63, 3.8) is 0 Å². The van der Waals surface area contributed by atoms with Gasteiger partial charge in [-0.15, -0.1) is 12.4 Å². The molecule has 1 rings (SSSR count). The van der Waals surface area contributed by atoms with Crippen LogP contribution in [0.3, 0.4) is 0 Å². The summed E-state index contributed by atoms with van der Waals surface area (Å²) in [7, 11) is 0. The van der Waals surface area contributed by atoms with Crippen molar-refractivity contribution in [3.8, 4) is 0 Å². The molecule has 0 aromatic heterocycles. The van der Waals surface area contributed by atoms with E-state index in [-0.39, 0.29) is 30.6 Å². The molecule has 0 aliphatic carbocycles. The van der Waals surface area contributed by atoms with Crippen molar-refractivity contribution in [2.45, 2.75) is 12.8 Å². The fourth-order valence-corrected chi connectivity index (χ4v) is 1.68. The highest BCUT2D eigenvalue weighted by atomic mass is 79.9. The second-order valence-corrected chi connectivity index (χ2v) is 4.92. The van der Waals surface area contributed by atoms with Crippen molar-refractivity contribution >= 4 is 40.2 Å². The molecule has 0 saturated heterocycles. The summed E-state index contributed by atoms with van der Waals surface area (Å²) in [5.41, 5.74) is 5.89. The minimum absolute atomic E-state index is 0. The number of halogens is 2. The van der Waals surface area contributed by atoms with Crippen LogP contribution in [0.15, 0.2) is 28.7 Å². The number of hydrogen-bond donors (Lipinski definition) is 3. The van der Waals surface area contributed by atoms with Gasteiger partial charge in [-0.25, -0.2) is 0 Å². The maximum Gasteiger partial charge on any atom is 0.251 e. The molecule has 112 valence electrons. The smallest absolute Gasteiger partial charge is 0.251 e. The maximum absolute atomic E-state index is 11.7. The van der Waals surface area contributed by atoms with Crippen molar-refractivity contribution < 1.29 is 9.59 Å². The van der Waals surface area contributed by atoms with E-state index in [9.17, 15) is 9.59 Å². The summed E-state index contributed by atoms with van der Waals surface area (Å²) in [4.78, 5) is 23.1. The third kappa shape index (κ3) is 7.47. The highest BCUT2D eigenvalue weighted by Gasteiger charge is 2.06. The van der Waals surface area contributed by atoms with Gasteiger partial charge in [0.15, 0.2) is 0 Å². The molecule has 1 aromatic rings. The van der Waals surface area contributed by atoms with Gasteiger partial charge < -0.3 is 16.4 Å². The number of hydrogen-bond acceptors (Lipinski definition) is 3. The Kier molecular flexibility index (Phi) is 10.1. The van der Waals surface area contributed by atoms with Crippen molar-refractivity contribution in [2.24, 2.45) is 5.73 Å². The molecule has 5 nitrogen and oxygen atoms in total. The second-order valence-electron chi connectivity index (χ2n) is 4.00. The standard InChI is InChI=1S/C13H18BrN3O2.ClH/c14-11-4-2-10(3-5-11)13(19)17-9-6-12(18)16-8-1-7-15;/h2-5H,1,6-9,15H2,(H,16,18)(H,17,19);1H. The molecule has 0 spiro atoms. The van der Waals surface area contributed by atoms with E-state index in [2.05, 4.69) is 26.6 Å². The van der Waals surface area contributed by atoms with Gasteiger partial charge >= 0.3 is 0 Å². The van der Waals surface area contributed by atoms with E-state index < -0.39 is 0 Å². The van der Waals surface area contributed by atoms with Gasteiger partial charge in [0.2, 0.25) is 5.91 Å². The van der Waals surface area contributed by atoms with Gasteiger partial charge in [-0.3, -0.25) is 9.59 Å². The van der Waals surface area contributed by atoms with Gasteiger partial charge in [0, 0.05) is 29.5 Å². The van der Waals surface area contributed by atoms with Crippen LogP contribution in [0.2, 0.25) is 0 Å². The fraction of sp³-hybridized carbons (Fsp3) is 0.385. The van der Waals surface area contributed by atoms with E-state index in [0.29, 0.717) is 25.2 Å². The molecule has 4 N–H and O–H groups in total. The molecule has 20 heavy (non-hydrogen) atoms. The Morgan fingerprint density at radius 1 is 1.10 bits per heavy atom. The van der Waals surface area contributed by atoms with Crippen LogP contribution in [-0.2, 0) is 4.79 Å². The lowest BCUT2D eigenvalue weighted by atomic mass is 10.2. The SMILES string of the molecule is Cl.NCCCNC(=O)CCNC(=O)c1ccc(Br)cc1. The lowest BCUT2D eigenvalue weighted by Crippen LogP contribution is -2.31. The maximum atomic E-state index is 11.7. The number of nitrogens with one attached hydrogen (secondary N) is 2. The Balaban J connectivity index is 0.00000361. The average molecular weight is 365 g/mol. The summed E-state index contributed by atoms with van der Waals surface area (Å²) >= 11 is 3.30. The number of benzene rings is 1. The highest BCUT2D eigenvalue weighted by molar-refractivity contribution is 9.10. The van der Waals surface area contributed by atoms with E-state index >= 15 is 0 Å². The number of rotatable bonds is 7. The zero-order chi connectivity index (χ0) is 14.1. The molecule has 0 unspecified atom stereocenters. The van der Waals surface area contributed by atoms with Gasteiger partial charge in [0.1, 0.15) is 0 Å². The second kappa shape index (κ2) is 10.7. The first-order valence-corrected chi connectivity index (χ1v) is 6.93. The first kappa shape index (κ1) is 18.9. The molecule has 7 heteroatoms. The van der Waals surface area contributed by atoms with E-state index in [0.717, 1.165) is 10.9 Å². The van der Waals surface area contributed by atoms with E-state index in [1.165, 1.54) is 0 Å². The Hall–Kier alpha value is -1.11. The molecule has 0 bridgehead atoms. The van der Waals surface area contributed by atoms with Crippen LogP contribution in [0.1, 0.15) is 23.2 Å². The minimum atomic E-state index is -0.178. The largest absolute Gasteiger partial charge is 0.356 e. The molecule has 2 amide bonds. The van der Waals surface area contributed by atoms with Crippen LogP contribution < -0.4 is 16.4 Å². The van der Waals surface area contributed by atoms with Crippen LogP contribution in [0.25, 0.3) is 0 Å². The number of carbonyl (C=O) groups is 2. The molecule has 0 heterocycles. The summed E-state index contributed by atoms with van der Waals surface area (Å²) in [5, 5.41) is 5.43. The normalized spacial score (nSPS) is 9.50. The van der Waals surface area contributed by atoms with Crippen molar-refractivity contribution in [2.75, 3.05) is 19.6 Å². The van der Waals surface area contributed by atoms with Crippen molar-refractivity contribution in [3.05, 3.63) is 34.3 Å². The summed E-state index contributed by atoms with van der Waals surface area (Å²) in [5.74, 6) is -0.258. The van der Waals surface area contributed by atoms with Gasteiger partial charge in [-0.1, -0.05) is 15.9 Å². The first-order chi connectivity index (χ1) is 9.13. The number of amides is 2. The van der Waals surface area contributed by atoms with Crippen LogP contribution in [-0.4, -0.2) is 31.4 Å². The Morgan fingerprint density at radius 3 is 2.35 bits per heavy atom. The average Bonchev–Trinajstić information content (AvgIpc) is 2.39. The Morgan fingerprint density at radius 2 is 1.75 bits per heavy atom. The lowest BCUT2D eigenvalue weighted by molar-refractivity contribution is -0.120. The molecule has 0 saturated carbocycles. The van der Waals surface area contributed by atoms with Gasteiger partial charge in [0.05, 0.1) is 0 Å². The van der Waals surface area contributed by atoms with Gasteiger partial charge in [-0.2, -0.15) is 0 Å². The monoisotopic (exact) mass is 363 g/mol. The topological polar surface area (TPSA) is 84.2 Å². The lowest BCUT2D eigenvalue weighted by Gasteiger charge is -2.06. The zero-order valence-corrected chi connectivity index (χ0v) is 13.4. The van der Waals surface area contributed by atoms with Gasteiger partial charge in [0.25, 0.3) is 5.91 Å². The summed E-state index contributed by atoms with van der Waals surface area (Å²) in [6.07, 6.45) is 1.03. The van der Waals surface area contributed by atoms with Gasteiger partial charge in [-0.05, 0) is 37.2 Å². The molecule has 0 fully saturated rings. The minimum Gasteiger partial charge on any atom is -0.356 e. The third-order valence-electron chi connectivity index (χ3n) is 2.45. The van der Waals surface area contributed by atoms with E-state index in [1.807, 2.05) is 0 Å². The van der Waals surface area contributed by atoms with Crippen molar-refractivity contribution in [1.82, 2.24) is 10.6 Å². The van der Waals surface area contributed by atoms with E-state index in [1.54, 1.807) is 24.3 Å². The first-order valence-electron chi connectivity index (χ1n) is 6.14. The highest BCUT2D eigenvalue weighted by Crippen LogP contribution is 2.10. The van der Waals surface area contributed by atoms with Crippen LogP contribution in [0.5, 0.6) is 0 Å². The summed E-state index contributed by atoms with van der Waals surface area (Å²) in [6.45, 7) is 1.46. The predicted molar refractivity (Wildman–Crippen MR) is 85.0 cm³/mol.